The number of anilines is 3. The summed E-state index contributed by atoms with van der Waals surface area (Å²) in [6.07, 6.45) is 0. The predicted molar refractivity (Wildman–Crippen MR) is 145 cm³/mol. The van der Waals surface area contributed by atoms with E-state index in [4.69, 9.17) is 9.07 Å². The Labute approximate surface area is 207 Å². The zero-order valence-corrected chi connectivity index (χ0v) is 20.5. The molecule has 0 atom stereocenters. The van der Waals surface area contributed by atoms with E-state index >= 15 is 0 Å². The Kier molecular flexibility index (Phi) is 5.91. The molecule has 0 aliphatic rings. The number of hydrogen-bond acceptors (Lipinski definition) is 4. The number of para-hydroxylation sites is 2. The quantitative estimate of drug-likeness (QED) is 0.268. The summed E-state index contributed by atoms with van der Waals surface area (Å²) in [6.45, 7) is 7.26. The van der Waals surface area contributed by atoms with Gasteiger partial charge in [-0.2, -0.15) is 0 Å². The van der Waals surface area contributed by atoms with Gasteiger partial charge >= 0.3 is 7.48 Å². The third kappa shape index (κ3) is 4.57. The van der Waals surface area contributed by atoms with Crippen LogP contribution in [0.5, 0.6) is 0 Å². The van der Waals surface area contributed by atoms with Gasteiger partial charge in [0.25, 0.3) is 0 Å². The summed E-state index contributed by atoms with van der Waals surface area (Å²) in [5.41, 5.74) is 4.07. The van der Waals surface area contributed by atoms with Crippen LogP contribution < -0.4 is 10.4 Å². The van der Waals surface area contributed by atoms with Crippen LogP contribution in [-0.4, -0.2) is 23.8 Å². The van der Waals surface area contributed by atoms with Crippen LogP contribution in [0, 0.1) is 0 Å². The van der Waals surface area contributed by atoms with Gasteiger partial charge in [0.15, 0.2) is 0 Å². The van der Waals surface area contributed by atoms with Crippen molar-refractivity contribution in [2.75, 3.05) is 4.90 Å². The minimum absolute atomic E-state index is 0.719. The zero-order valence-electron chi connectivity index (χ0n) is 20.5. The smallest absolute Gasteiger partial charge is 0.330 e. The van der Waals surface area contributed by atoms with Gasteiger partial charge in [0.05, 0.1) is 11.2 Å². The number of furan rings is 1. The fourth-order valence-corrected chi connectivity index (χ4v) is 3.94. The number of rotatable bonds is 7. The highest BCUT2D eigenvalue weighted by Gasteiger charge is 2.35. The first kappa shape index (κ1) is 23.2. The molecule has 5 rings (SSSR count). The molecule has 175 valence electrons. The van der Waals surface area contributed by atoms with Gasteiger partial charge in [0.2, 0.25) is 0 Å². The molecule has 0 saturated heterocycles. The van der Waals surface area contributed by atoms with Crippen LogP contribution in [0.2, 0.25) is 0 Å². The molecule has 0 saturated carbocycles. The monoisotopic (exact) mass is 462 g/mol. The van der Waals surface area contributed by atoms with E-state index in [2.05, 4.69) is 53.4 Å². The Morgan fingerprint density at radius 1 is 0.686 bits per heavy atom. The third-order valence-corrected chi connectivity index (χ3v) is 6.75. The molecule has 5 heteroatoms. The van der Waals surface area contributed by atoms with Crippen LogP contribution in [-0.2, 0) is 4.65 Å². The van der Waals surface area contributed by atoms with Crippen LogP contribution in [0.1, 0.15) is 27.7 Å². The fraction of sp³-hybridized carbons (Fsp3) is 0.200. The molecule has 0 fully saturated rings. The molecule has 35 heavy (non-hydrogen) atoms. The fourth-order valence-electron chi connectivity index (χ4n) is 3.94. The summed E-state index contributed by atoms with van der Waals surface area (Å²) in [5.74, 6) is 0. The number of nitrogens with zero attached hydrogens (tertiary/aromatic N) is 1. The lowest BCUT2D eigenvalue weighted by molar-refractivity contribution is -0.0893. The van der Waals surface area contributed by atoms with Gasteiger partial charge in [0.1, 0.15) is 11.2 Å². The average Bonchev–Trinajstić information content (AvgIpc) is 3.22. The van der Waals surface area contributed by atoms with Crippen LogP contribution >= 0.6 is 0 Å². The molecule has 0 bridgehead atoms. The van der Waals surface area contributed by atoms with Gasteiger partial charge in [-0.3, -0.25) is 0 Å². The lowest BCUT2D eigenvalue weighted by Crippen LogP contribution is -2.49. The maximum absolute atomic E-state index is 10.4. The van der Waals surface area contributed by atoms with Crippen molar-refractivity contribution in [1.29, 1.82) is 0 Å². The van der Waals surface area contributed by atoms with E-state index in [1.54, 1.807) is 21.3 Å². The summed E-state index contributed by atoms with van der Waals surface area (Å²) in [5, 5.41) is 12.6. The summed E-state index contributed by atoms with van der Waals surface area (Å²) in [6, 6.07) is 32.9. The van der Waals surface area contributed by atoms with E-state index in [9.17, 15) is 5.11 Å². The summed E-state index contributed by atoms with van der Waals surface area (Å²) < 4.78 is 12.1. The van der Waals surface area contributed by atoms with Crippen LogP contribution in [0.15, 0.2) is 101 Å². The molecular weight excluding hydrogens is 433 g/mol. The lowest BCUT2D eigenvalue weighted by Gasteiger charge is -2.37. The highest BCUT2D eigenvalue weighted by molar-refractivity contribution is 6.47. The van der Waals surface area contributed by atoms with Crippen molar-refractivity contribution < 1.29 is 14.2 Å². The van der Waals surface area contributed by atoms with E-state index in [-0.39, 0.29) is 0 Å². The largest absolute Gasteiger partial charge is 0.456 e. The second-order valence-electron chi connectivity index (χ2n) is 9.85. The van der Waals surface area contributed by atoms with Crippen molar-refractivity contribution in [1.82, 2.24) is 0 Å². The molecule has 5 aromatic rings. The van der Waals surface area contributed by atoms with E-state index in [0.717, 1.165) is 44.5 Å². The molecule has 1 N–H and O–H groups in total. The highest BCUT2D eigenvalue weighted by atomic mass is 16.5. The standard InChI is InChI=1S/C30H29BNO3/c1-29(2,33)30(3,4)35-31-21-14-16-23(17-15-21)32(22-10-6-5-7-11-22)24-18-19-26-25-12-8-9-13-27(25)34-28(26)20-24/h5-20,33H,1-4H3. The van der Waals surface area contributed by atoms with Crippen molar-refractivity contribution in [3.8, 4) is 0 Å². The summed E-state index contributed by atoms with van der Waals surface area (Å²) in [4.78, 5) is 2.21. The molecule has 0 aliphatic heterocycles. The third-order valence-electron chi connectivity index (χ3n) is 6.75. The maximum atomic E-state index is 10.4. The van der Waals surface area contributed by atoms with Crippen LogP contribution in [0.4, 0.5) is 17.1 Å². The summed E-state index contributed by atoms with van der Waals surface area (Å²) in [7, 11) is 1.70. The zero-order chi connectivity index (χ0) is 24.6. The van der Waals surface area contributed by atoms with Crippen molar-refractivity contribution in [3.05, 3.63) is 97.1 Å². The molecule has 1 radical (unpaired) electrons. The van der Waals surface area contributed by atoms with Gasteiger partial charge in [-0.15, -0.1) is 0 Å². The van der Waals surface area contributed by atoms with Crippen LogP contribution in [0.3, 0.4) is 0 Å². The molecule has 1 heterocycles. The van der Waals surface area contributed by atoms with Crippen molar-refractivity contribution >= 4 is 51.9 Å². The first-order valence-corrected chi connectivity index (χ1v) is 11.8. The van der Waals surface area contributed by atoms with E-state index in [0.29, 0.717) is 0 Å². The molecule has 4 aromatic carbocycles. The molecular formula is C30H29BNO3. The first-order valence-electron chi connectivity index (χ1n) is 11.8. The van der Waals surface area contributed by atoms with Gasteiger partial charge in [0, 0.05) is 33.9 Å². The lowest BCUT2D eigenvalue weighted by atomic mass is 9.82. The highest BCUT2D eigenvalue weighted by Crippen LogP contribution is 2.38. The number of fused-ring (bicyclic) bond motifs is 3. The Morgan fingerprint density at radius 2 is 1.29 bits per heavy atom. The molecule has 0 amide bonds. The number of aliphatic hydroxyl groups is 1. The minimum Gasteiger partial charge on any atom is -0.456 e. The second-order valence-corrected chi connectivity index (χ2v) is 9.85. The molecule has 0 spiro atoms. The topological polar surface area (TPSA) is 45.8 Å². The number of hydrogen-bond donors (Lipinski definition) is 1. The Bertz CT molecular complexity index is 1450. The van der Waals surface area contributed by atoms with Gasteiger partial charge < -0.3 is 19.1 Å². The SMILES string of the molecule is CC(C)(O)C(C)(C)O[B]c1ccc(N(c2ccccc2)c2ccc3c(c2)oc2ccccc23)cc1. The Balaban J connectivity index is 1.49. The average molecular weight is 462 g/mol. The second kappa shape index (κ2) is 8.92. The van der Waals surface area contributed by atoms with Crippen molar-refractivity contribution in [3.63, 3.8) is 0 Å². The van der Waals surface area contributed by atoms with E-state index in [1.165, 1.54) is 0 Å². The van der Waals surface area contributed by atoms with Crippen molar-refractivity contribution in [2.45, 2.75) is 38.9 Å². The van der Waals surface area contributed by atoms with Gasteiger partial charge in [-0.25, -0.2) is 0 Å². The van der Waals surface area contributed by atoms with Gasteiger partial charge in [-0.05, 0) is 70.2 Å². The Hall–Kier alpha value is -3.54. The molecule has 1 aromatic heterocycles. The normalized spacial score (nSPS) is 12.3. The van der Waals surface area contributed by atoms with E-state index in [1.807, 2.05) is 62.4 Å². The van der Waals surface area contributed by atoms with Gasteiger partial charge in [-0.1, -0.05) is 54.0 Å². The first-order chi connectivity index (χ1) is 16.7. The van der Waals surface area contributed by atoms with Crippen molar-refractivity contribution in [2.24, 2.45) is 0 Å². The minimum atomic E-state index is -0.969. The molecule has 0 aliphatic carbocycles. The van der Waals surface area contributed by atoms with E-state index < -0.39 is 11.2 Å². The predicted octanol–water partition coefficient (Wildman–Crippen LogP) is 6.87. The maximum Gasteiger partial charge on any atom is 0.330 e. The Morgan fingerprint density at radius 3 is 2.00 bits per heavy atom. The number of benzene rings is 4. The molecule has 0 unspecified atom stereocenters. The summed E-state index contributed by atoms with van der Waals surface area (Å²) >= 11 is 0. The molecule has 4 nitrogen and oxygen atoms in total. The van der Waals surface area contributed by atoms with Crippen LogP contribution in [0.25, 0.3) is 21.9 Å².